The van der Waals surface area contributed by atoms with Crippen molar-refractivity contribution in [2.75, 3.05) is 25.4 Å². The first-order valence-corrected chi connectivity index (χ1v) is 8.83. The van der Waals surface area contributed by atoms with Gasteiger partial charge in [0.25, 0.3) is 0 Å². The summed E-state index contributed by atoms with van der Waals surface area (Å²) in [6.07, 6.45) is 2.65. The van der Waals surface area contributed by atoms with Crippen LogP contribution >= 0.6 is 40.1 Å². The Labute approximate surface area is 145 Å². The Morgan fingerprint density at radius 1 is 1.38 bits per heavy atom. The van der Waals surface area contributed by atoms with E-state index in [2.05, 4.69) is 28.1 Å². The van der Waals surface area contributed by atoms with Crippen molar-refractivity contribution < 1.29 is 4.79 Å². The number of carbonyl (C=O) groups excluding carboxylic acids is 1. The topological polar surface area (TPSA) is 46.3 Å². The summed E-state index contributed by atoms with van der Waals surface area (Å²) in [4.78, 5) is 15.3. The van der Waals surface area contributed by atoms with E-state index in [-0.39, 0.29) is 18.3 Å². The van der Waals surface area contributed by atoms with E-state index >= 15 is 0 Å². The van der Waals surface area contributed by atoms with E-state index in [9.17, 15) is 4.79 Å². The number of rotatable bonds is 6. The minimum atomic E-state index is 0. The molecule has 1 amide bonds. The van der Waals surface area contributed by atoms with Crippen LogP contribution in [0.3, 0.4) is 0 Å². The summed E-state index contributed by atoms with van der Waals surface area (Å²) in [6.45, 7) is 2.44. The molecule has 1 aliphatic rings. The first-order chi connectivity index (χ1) is 9.69. The van der Waals surface area contributed by atoms with E-state index < -0.39 is 0 Å². The summed E-state index contributed by atoms with van der Waals surface area (Å²) >= 11 is 5.23. The van der Waals surface area contributed by atoms with Crippen molar-refractivity contribution in [1.29, 1.82) is 0 Å². The molecule has 3 nitrogen and oxygen atoms in total. The van der Waals surface area contributed by atoms with Crippen LogP contribution in [0.2, 0.25) is 0 Å². The largest absolute Gasteiger partial charge is 0.342 e. The molecule has 0 saturated carbocycles. The van der Waals surface area contributed by atoms with E-state index in [4.69, 9.17) is 5.73 Å². The summed E-state index contributed by atoms with van der Waals surface area (Å²) in [6, 6.07) is 8.29. The highest BCUT2D eigenvalue weighted by atomic mass is 79.9. The number of likely N-dealkylation sites (tertiary alicyclic amines) is 1. The average molecular weight is 394 g/mol. The summed E-state index contributed by atoms with van der Waals surface area (Å²) in [7, 11) is 0. The number of hydrogen-bond donors (Lipinski definition) is 1. The van der Waals surface area contributed by atoms with Crippen LogP contribution in [0, 0.1) is 5.92 Å². The van der Waals surface area contributed by atoms with Crippen molar-refractivity contribution in [3.63, 3.8) is 0 Å². The molecular formula is C15H22BrClN2OS. The Balaban J connectivity index is 0.00000220. The van der Waals surface area contributed by atoms with Crippen molar-refractivity contribution in [3.05, 3.63) is 28.7 Å². The maximum absolute atomic E-state index is 12.0. The lowest BCUT2D eigenvalue weighted by Crippen LogP contribution is -2.29. The zero-order chi connectivity index (χ0) is 14.4. The minimum absolute atomic E-state index is 0. The summed E-state index contributed by atoms with van der Waals surface area (Å²) in [5.74, 6) is 1.79. The number of thioether (sulfide) groups is 1. The van der Waals surface area contributed by atoms with Gasteiger partial charge in [-0.15, -0.1) is 24.2 Å². The third-order valence-corrected chi connectivity index (χ3v) is 5.22. The lowest BCUT2D eigenvalue weighted by molar-refractivity contribution is -0.130. The van der Waals surface area contributed by atoms with E-state index in [1.54, 1.807) is 0 Å². The van der Waals surface area contributed by atoms with E-state index in [0.29, 0.717) is 18.9 Å². The predicted octanol–water partition coefficient (Wildman–Crippen LogP) is 3.55. The van der Waals surface area contributed by atoms with Crippen LogP contribution in [0.25, 0.3) is 0 Å². The monoisotopic (exact) mass is 392 g/mol. The van der Waals surface area contributed by atoms with Gasteiger partial charge in [0.15, 0.2) is 0 Å². The number of nitrogens with two attached hydrogens (primary N) is 1. The molecule has 2 N–H and O–H groups in total. The van der Waals surface area contributed by atoms with Gasteiger partial charge < -0.3 is 10.6 Å². The van der Waals surface area contributed by atoms with Crippen molar-refractivity contribution in [1.82, 2.24) is 4.90 Å². The van der Waals surface area contributed by atoms with Gasteiger partial charge in [-0.3, -0.25) is 4.79 Å². The number of amides is 1. The lowest BCUT2D eigenvalue weighted by atomic mass is 10.1. The van der Waals surface area contributed by atoms with Crippen molar-refractivity contribution in [3.8, 4) is 0 Å². The van der Waals surface area contributed by atoms with Crippen LogP contribution in [-0.2, 0) is 4.79 Å². The smallest absolute Gasteiger partial charge is 0.222 e. The Morgan fingerprint density at radius 2 is 2.10 bits per heavy atom. The molecule has 1 saturated heterocycles. The molecular weight excluding hydrogens is 372 g/mol. The van der Waals surface area contributed by atoms with Crippen LogP contribution < -0.4 is 5.73 Å². The molecule has 0 aromatic heterocycles. The highest BCUT2D eigenvalue weighted by molar-refractivity contribution is 9.10. The molecule has 6 heteroatoms. The molecule has 21 heavy (non-hydrogen) atoms. The molecule has 1 atom stereocenters. The normalized spacial score (nSPS) is 17.6. The summed E-state index contributed by atoms with van der Waals surface area (Å²) < 4.78 is 1.10. The maximum Gasteiger partial charge on any atom is 0.222 e. The second-order valence-corrected chi connectivity index (χ2v) is 7.22. The van der Waals surface area contributed by atoms with Crippen molar-refractivity contribution in [2.24, 2.45) is 11.7 Å². The van der Waals surface area contributed by atoms with Crippen LogP contribution in [-0.4, -0.2) is 36.2 Å². The second kappa shape index (κ2) is 9.72. The van der Waals surface area contributed by atoms with Gasteiger partial charge in [-0.1, -0.05) is 15.9 Å². The summed E-state index contributed by atoms with van der Waals surface area (Å²) in [5, 5.41) is 0. The van der Waals surface area contributed by atoms with Gasteiger partial charge in [-0.25, -0.2) is 0 Å². The van der Waals surface area contributed by atoms with E-state index in [1.807, 2.05) is 28.8 Å². The van der Waals surface area contributed by atoms with Gasteiger partial charge in [0.2, 0.25) is 5.91 Å². The van der Waals surface area contributed by atoms with Crippen molar-refractivity contribution >= 4 is 46.0 Å². The highest BCUT2D eigenvalue weighted by Crippen LogP contribution is 2.22. The highest BCUT2D eigenvalue weighted by Gasteiger charge is 2.24. The molecule has 0 bridgehead atoms. The zero-order valence-corrected chi connectivity index (χ0v) is 15.2. The van der Waals surface area contributed by atoms with E-state index in [1.165, 1.54) is 4.90 Å². The molecule has 1 fully saturated rings. The molecule has 2 rings (SSSR count). The second-order valence-electron chi connectivity index (χ2n) is 5.14. The quantitative estimate of drug-likeness (QED) is 0.594. The molecule has 0 aliphatic carbocycles. The number of hydrogen-bond acceptors (Lipinski definition) is 3. The number of benzene rings is 1. The molecule has 1 aromatic carbocycles. The van der Waals surface area contributed by atoms with Crippen LogP contribution in [0.1, 0.15) is 19.3 Å². The number of nitrogens with zero attached hydrogens (tertiary/aromatic N) is 1. The third-order valence-electron chi connectivity index (χ3n) is 3.59. The Hall–Kier alpha value is -0.230. The first kappa shape index (κ1) is 18.8. The van der Waals surface area contributed by atoms with Gasteiger partial charge in [0, 0.05) is 28.9 Å². The van der Waals surface area contributed by atoms with Gasteiger partial charge in [-0.2, -0.15) is 0 Å². The Bertz CT molecular complexity index is 444. The minimum Gasteiger partial charge on any atom is -0.342 e. The zero-order valence-electron chi connectivity index (χ0n) is 12.0. The van der Waals surface area contributed by atoms with Crippen molar-refractivity contribution in [2.45, 2.75) is 24.2 Å². The fourth-order valence-electron chi connectivity index (χ4n) is 2.35. The fraction of sp³-hybridized carbons (Fsp3) is 0.533. The molecule has 1 aromatic rings. The Kier molecular flexibility index (Phi) is 8.71. The molecule has 1 heterocycles. The van der Waals surface area contributed by atoms with Crippen LogP contribution in [0.4, 0.5) is 0 Å². The van der Waals surface area contributed by atoms with Crippen LogP contribution in [0.5, 0.6) is 0 Å². The third kappa shape index (κ3) is 6.19. The molecule has 0 radical (unpaired) electrons. The van der Waals surface area contributed by atoms with E-state index in [0.717, 1.165) is 36.2 Å². The molecule has 118 valence electrons. The molecule has 1 unspecified atom stereocenters. The molecule has 0 spiro atoms. The molecule has 1 aliphatic heterocycles. The number of halogens is 2. The van der Waals surface area contributed by atoms with Crippen LogP contribution in [0.15, 0.2) is 33.6 Å². The standard InChI is InChI=1S/C15H21BrN2OS.ClH/c16-13-3-5-14(6-4-13)20-9-1-2-15(19)18-8-7-12(10-17)11-18;/h3-6,12H,1-2,7-11,17H2;1H. The SMILES string of the molecule is Cl.NCC1CCN(C(=O)CCCSc2ccc(Br)cc2)C1. The maximum atomic E-state index is 12.0. The van der Waals surface area contributed by atoms with Gasteiger partial charge in [0.05, 0.1) is 0 Å². The fourth-order valence-corrected chi connectivity index (χ4v) is 3.47. The number of carbonyl (C=O) groups is 1. The first-order valence-electron chi connectivity index (χ1n) is 7.05. The van der Waals surface area contributed by atoms with Gasteiger partial charge >= 0.3 is 0 Å². The Morgan fingerprint density at radius 3 is 2.71 bits per heavy atom. The van der Waals surface area contributed by atoms with Gasteiger partial charge in [0.1, 0.15) is 0 Å². The lowest BCUT2D eigenvalue weighted by Gasteiger charge is -2.16. The average Bonchev–Trinajstić information content (AvgIpc) is 2.94. The summed E-state index contributed by atoms with van der Waals surface area (Å²) in [5.41, 5.74) is 5.65. The van der Waals surface area contributed by atoms with Gasteiger partial charge in [-0.05, 0) is 55.3 Å². The predicted molar refractivity (Wildman–Crippen MR) is 95.1 cm³/mol.